The van der Waals surface area contributed by atoms with Gasteiger partial charge in [-0.3, -0.25) is 10.1 Å². The molecule has 0 aromatic heterocycles. The number of ether oxygens (including phenoxy) is 1. The summed E-state index contributed by atoms with van der Waals surface area (Å²) in [6.45, 7) is 8.18. The summed E-state index contributed by atoms with van der Waals surface area (Å²) in [5.41, 5.74) is 0. The summed E-state index contributed by atoms with van der Waals surface area (Å²) in [4.78, 5) is 14.7. The number of hydrogen-bond donors (Lipinski definition) is 1. The van der Waals surface area contributed by atoms with Gasteiger partial charge in [-0.1, -0.05) is 20.3 Å². The standard InChI is InChI=1S/C15H28N2O2/c1-4-6-14-16-13(5-2)15(18)17(14)11(3)12-7-9-19-10-8-12/h11-14,16H,4-10H2,1-3H3. The van der Waals surface area contributed by atoms with Crippen LogP contribution in [0.4, 0.5) is 0 Å². The van der Waals surface area contributed by atoms with Crippen LogP contribution >= 0.6 is 0 Å². The van der Waals surface area contributed by atoms with Crippen molar-refractivity contribution in [3.63, 3.8) is 0 Å². The van der Waals surface area contributed by atoms with E-state index in [-0.39, 0.29) is 12.2 Å². The molecule has 0 aliphatic carbocycles. The molecular formula is C15H28N2O2. The minimum Gasteiger partial charge on any atom is -0.381 e. The number of nitrogens with one attached hydrogen (secondary N) is 1. The smallest absolute Gasteiger partial charge is 0.241 e. The Kier molecular flexibility index (Phi) is 5.22. The first-order valence-electron chi connectivity index (χ1n) is 7.85. The van der Waals surface area contributed by atoms with Crippen LogP contribution in [0, 0.1) is 5.92 Å². The quantitative estimate of drug-likeness (QED) is 0.830. The van der Waals surface area contributed by atoms with E-state index in [0.717, 1.165) is 45.3 Å². The summed E-state index contributed by atoms with van der Waals surface area (Å²) >= 11 is 0. The topological polar surface area (TPSA) is 41.6 Å². The number of rotatable bonds is 5. The van der Waals surface area contributed by atoms with E-state index in [9.17, 15) is 4.79 Å². The minimum atomic E-state index is 0.0267. The zero-order chi connectivity index (χ0) is 13.8. The number of hydrogen-bond acceptors (Lipinski definition) is 3. The molecule has 3 unspecified atom stereocenters. The Morgan fingerprint density at radius 1 is 1.37 bits per heavy atom. The first-order valence-corrected chi connectivity index (χ1v) is 7.85. The zero-order valence-electron chi connectivity index (χ0n) is 12.5. The Bertz CT molecular complexity index is 303. The third kappa shape index (κ3) is 3.11. The van der Waals surface area contributed by atoms with E-state index >= 15 is 0 Å². The van der Waals surface area contributed by atoms with Crippen LogP contribution in [0.2, 0.25) is 0 Å². The predicted octanol–water partition coefficient (Wildman–Crippen LogP) is 2.14. The molecule has 2 aliphatic heterocycles. The van der Waals surface area contributed by atoms with Crippen LogP contribution in [0.25, 0.3) is 0 Å². The monoisotopic (exact) mass is 268 g/mol. The van der Waals surface area contributed by atoms with Crippen LogP contribution in [0.1, 0.15) is 52.9 Å². The van der Waals surface area contributed by atoms with Crippen LogP contribution in [0.5, 0.6) is 0 Å². The van der Waals surface area contributed by atoms with Crippen molar-refractivity contribution in [2.24, 2.45) is 5.92 Å². The van der Waals surface area contributed by atoms with Crippen LogP contribution in [0.15, 0.2) is 0 Å². The Morgan fingerprint density at radius 3 is 2.63 bits per heavy atom. The molecule has 2 heterocycles. The normalized spacial score (nSPS) is 30.9. The van der Waals surface area contributed by atoms with Gasteiger partial charge in [0.2, 0.25) is 5.91 Å². The lowest BCUT2D eigenvalue weighted by Gasteiger charge is -2.37. The Balaban J connectivity index is 2.07. The third-order valence-corrected chi connectivity index (χ3v) is 4.64. The lowest BCUT2D eigenvalue weighted by molar-refractivity contribution is -0.134. The molecule has 0 saturated carbocycles. The average molecular weight is 268 g/mol. The highest BCUT2D eigenvalue weighted by molar-refractivity contribution is 5.84. The highest BCUT2D eigenvalue weighted by atomic mass is 16.5. The molecule has 19 heavy (non-hydrogen) atoms. The van der Waals surface area contributed by atoms with Crippen LogP contribution in [-0.4, -0.2) is 42.3 Å². The van der Waals surface area contributed by atoms with Crippen molar-refractivity contribution in [1.82, 2.24) is 10.2 Å². The van der Waals surface area contributed by atoms with Crippen molar-refractivity contribution in [3.8, 4) is 0 Å². The molecule has 0 aromatic carbocycles. The minimum absolute atomic E-state index is 0.0267. The van der Waals surface area contributed by atoms with Gasteiger partial charge in [-0.15, -0.1) is 0 Å². The summed E-state index contributed by atoms with van der Waals surface area (Å²) in [6, 6.07) is 0.357. The van der Waals surface area contributed by atoms with Gasteiger partial charge < -0.3 is 9.64 Å². The molecule has 4 nitrogen and oxygen atoms in total. The molecule has 0 bridgehead atoms. The average Bonchev–Trinajstić information content (AvgIpc) is 2.75. The van der Waals surface area contributed by atoms with Gasteiger partial charge in [0.05, 0.1) is 12.2 Å². The maximum absolute atomic E-state index is 12.5. The zero-order valence-corrected chi connectivity index (χ0v) is 12.5. The molecule has 110 valence electrons. The molecule has 2 saturated heterocycles. The van der Waals surface area contributed by atoms with E-state index < -0.39 is 0 Å². The second-order valence-electron chi connectivity index (χ2n) is 5.87. The highest BCUT2D eigenvalue weighted by Gasteiger charge is 2.41. The molecule has 2 fully saturated rings. The number of carbonyl (C=O) groups excluding carboxylic acids is 1. The van der Waals surface area contributed by atoms with Gasteiger partial charge in [0.1, 0.15) is 0 Å². The summed E-state index contributed by atoms with van der Waals surface area (Å²) in [6.07, 6.45) is 5.45. The molecule has 0 spiro atoms. The third-order valence-electron chi connectivity index (χ3n) is 4.64. The van der Waals surface area contributed by atoms with E-state index in [1.807, 2.05) is 0 Å². The van der Waals surface area contributed by atoms with Crippen LogP contribution in [0.3, 0.4) is 0 Å². The van der Waals surface area contributed by atoms with Crippen molar-refractivity contribution in [1.29, 1.82) is 0 Å². The lowest BCUT2D eigenvalue weighted by atomic mass is 9.91. The maximum Gasteiger partial charge on any atom is 0.241 e. The van der Waals surface area contributed by atoms with E-state index in [0.29, 0.717) is 17.9 Å². The summed E-state index contributed by atoms with van der Waals surface area (Å²) in [5.74, 6) is 0.898. The van der Waals surface area contributed by atoms with E-state index in [2.05, 4.69) is 31.0 Å². The van der Waals surface area contributed by atoms with Gasteiger partial charge in [0.25, 0.3) is 0 Å². The second-order valence-corrected chi connectivity index (χ2v) is 5.87. The predicted molar refractivity (Wildman–Crippen MR) is 75.8 cm³/mol. The fraction of sp³-hybridized carbons (Fsp3) is 0.933. The van der Waals surface area contributed by atoms with E-state index in [1.54, 1.807) is 0 Å². The summed E-state index contributed by atoms with van der Waals surface area (Å²) in [7, 11) is 0. The lowest BCUT2D eigenvalue weighted by Crippen LogP contribution is -2.47. The SMILES string of the molecule is CCCC1NC(CC)C(=O)N1C(C)C1CCOCC1. The Labute approximate surface area is 116 Å². The van der Waals surface area contributed by atoms with Gasteiger partial charge in [-0.25, -0.2) is 0 Å². The molecule has 0 radical (unpaired) electrons. The van der Waals surface area contributed by atoms with Crippen molar-refractivity contribution in [2.75, 3.05) is 13.2 Å². The molecular weight excluding hydrogens is 240 g/mol. The fourth-order valence-electron chi connectivity index (χ4n) is 3.42. The van der Waals surface area contributed by atoms with Gasteiger partial charge >= 0.3 is 0 Å². The Morgan fingerprint density at radius 2 is 2.05 bits per heavy atom. The first-order chi connectivity index (χ1) is 9.19. The maximum atomic E-state index is 12.5. The van der Waals surface area contributed by atoms with Crippen molar-refractivity contribution in [2.45, 2.75) is 71.1 Å². The molecule has 2 rings (SSSR count). The molecule has 2 aliphatic rings. The highest BCUT2D eigenvalue weighted by Crippen LogP contribution is 2.28. The number of carbonyl (C=O) groups is 1. The second kappa shape index (κ2) is 6.71. The molecule has 3 atom stereocenters. The summed E-state index contributed by atoms with van der Waals surface area (Å²) in [5, 5.41) is 3.51. The molecule has 1 amide bonds. The summed E-state index contributed by atoms with van der Waals surface area (Å²) < 4.78 is 5.44. The van der Waals surface area contributed by atoms with Crippen molar-refractivity contribution >= 4 is 5.91 Å². The van der Waals surface area contributed by atoms with E-state index in [4.69, 9.17) is 4.74 Å². The van der Waals surface area contributed by atoms with Gasteiger partial charge in [0, 0.05) is 19.3 Å². The molecule has 0 aromatic rings. The molecule has 1 N–H and O–H groups in total. The van der Waals surface area contributed by atoms with Crippen molar-refractivity contribution in [3.05, 3.63) is 0 Å². The van der Waals surface area contributed by atoms with Gasteiger partial charge in [-0.05, 0) is 38.5 Å². The van der Waals surface area contributed by atoms with E-state index in [1.165, 1.54) is 0 Å². The Hall–Kier alpha value is -0.610. The van der Waals surface area contributed by atoms with Crippen molar-refractivity contribution < 1.29 is 9.53 Å². The number of nitrogens with zero attached hydrogens (tertiary/aromatic N) is 1. The van der Waals surface area contributed by atoms with Crippen LogP contribution in [-0.2, 0) is 9.53 Å². The number of amides is 1. The van der Waals surface area contributed by atoms with Gasteiger partial charge in [-0.2, -0.15) is 0 Å². The fourth-order valence-corrected chi connectivity index (χ4v) is 3.42. The first kappa shape index (κ1) is 14.8. The molecule has 4 heteroatoms. The largest absolute Gasteiger partial charge is 0.381 e. The van der Waals surface area contributed by atoms with Gasteiger partial charge in [0.15, 0.2) is 0 Å². The van der Waals surface area contributed by atoms with Crippen LogP contribution < -0.4 is 5.32 Å².